The molecule has 0 saturated carbocycles. The first kappa shape index (κ1) is 26.5. The van der Waals surface area contributed by atoms with Gasteiger partial charge in [0.15, 0.2) is 5.96 Å². The van der Waals surface area contributed by atoms with Crippen molar-refractivity contribution in [1.82, 2.24) is 15.5 Å². The van der Waals surface area contributed by atoms with Crippen LogP contribution in [0.2, 0.25) is 0 Å². The number of likely N-dealkylation sites (N-methyl/N-ethyl adjacent to an activating group) is 1. The van der Waals surface area contributed by atoms with Gasteiger partial charge < -0.3 is 25.0 Å². The number of amides is 1. The van der Waals surface area contributed by atoms with Crippen molar-refractivity contribution < 1.29 is 14.3 Å². The lowest BCUT2D eigenvalue weighted by molar-refractivity contribution is 0.0302. The lowest BCUT2D eigenvalue weighted by Gasteiger charge is -2.24. The Morgan fingerprint density at radius 1 is 1.12 bits per heavy atom. The Hall–Kier alpha value is -0.770. The van der Waals surface area contributed by atoms with E-state index in [1.54, 1.807) is 19.0 Å². The minimum atomic E-state index is -0.477. The van der Waals surface area contributed by atoms with Crippen molar-refractivity contribution in [3.8, 4) is 0 Å². The highest BCUT2D eigenvalue weighted by molar-refractivity contribution is 14.0. The van der Waals surface area contributed by atoms with Gasteiger partial charge in [-0.3, -0.25) is 4.99 Å². The number of hydrogen-bond acceptors (Lipinski definition) is 4. The molecule has 0 heterocycles. The summed E-state index contributed by atoms with van der Waals surface area (Å²) in [5.74, 6) is 0.723. The quantitative estimate of drug-likeness (QED) is 0.221. The molecule has 0 radical (unpaired) electrons. The first-order valence-electron chi connectivity index (χ1n) is 8.76. The maximum Gasteiger partial charge on any atom is 0.410 e. The summed E-state index contributed by atoms with van der Waals surface area (Å²) in [4.78, 5) is 17.5. The molecule has 0 fully saturated rings. The molecular formula is C17H37IN4O3. The van der Waals surface area contributed by atoms with Crippen LogP contribution in [0.3, 0.4) is 0 Å². The molecule has 150 valence electrons. The van der Waals surface area contributed by atoms with Crippen LogP contribution >= 0.6 is 24.0 Å². The fourth-order valence-electron chi connectivity index (χ4n) is 1.72. The van der Waals surface area contributed by atoms with Gasteiger partial charge in [-0.2, -0.15) is 0 Å². The van der Waals surface area contributed by atoms with E-state index in [-0.39, 0.29) is 30.1 Å². The summed E-state index contributed by atoms with van der Waals surface area (Å²) >= 11 is 0. The topological polar surface area (TPSA) is 75.2 Å². The van der Waals surface area contributed by atoms with E-state index in [1.807, 2.05) is 20.8 Å². The highest BCUT2D eigenvalue weighted by atomic mass is 127. The monoisotopic (exact) mass is 472 g/mol. The van der Waals surface area contributed by atoms with Crippen LogP contribution in [0.1, 0.15) is 47.0 Å². The number of aliphatic imine (C=N–C) groups is 1. The van der Waals surface area contributed by atoms with Crippen LogP contribution in [0.4, 0.5) is 4.79 Å². The van der Waals surface area contributed by atoms with Crippen LogP contribution in [0.25, 0.3) is 0 Å². The van der Waals surface area contributed by atoms with E-state index in [0.29, 0.717) is 13.1 Å². The molecule has 7 nitrogen and oxygen atoms in total. The zero-order valence-corrected chi connectivity index (χ0v) is 19.0. The number of guanidine groups is 1. The number of ether oxygens (including phenoxy) is 2. The Bertz CT molecular complexity index is 373. The molecule has 0 aliphatic rings. The van der Waals surface area contributed by atoms with Gasteiger partial charge in [0.1, 0.15) is 5.60 Å². The lowest BCUT2D eigenvalue weighted by atomic mass is 10.2. The number of nitrogens with zero attached hydrogens (tertiary/aromatic N) is 2. The molecule has 0 atom stereocenters. The molecule has 0 aromatic heterocycles. The van der Waals surface area contributed by atoms with Crippen LogP contribution in [-0.2, 0) is 9.47 Å². The van der Waals surface area contributed by atoms with Gasteiger partial charge in [-0.1, -0.05) is 13.3 Å². The molecule has 0 aromatic carbocycles. The van der Waals surface area contributed by atoms with E-state index < -0.39 is 5.60 Å². The number of hydrogen-bond donors (Lipinski definition) is 2. The smallest absolute Gasteiger partial charge is 0.410 e. The van der Waals surface area contributed by atoms with E-state index in [0.717, 1.165) is 45.0 Å². The van der Waals surface area contributed by atoms with Crippen LogP contribution in [0.15, 0.2) is 4.99 Å². The van der Waals surface area contributed by atoms with E-state index in [9.17, 15) is 4.79 Å². The minimum Gasteiger partial charge on any atom is -0.444 e. The van der Waals surface area contributed by atoms with Gasteiger partial charge in [-0.25, -0.2) is 4.79 Å². The zero-order valence-electron chi connectivity index (χ0n) is 16.7. The van der Waals surface area contributed by atoms with Crippen molar-refractivity contribution in [3.63, 3.8) is 0 Å². The summed E-state index contributed by atoms with van der Waals surface area (Å²) < 4.78 is 10.8. The molecule has 8 heteroatoms. The van der Waals surface area contributed by atoms with Gasteiger partial charge in [0.05, 0.1) is 0 Å². The Morgan fingerprint density at radius 3 is 2.28 bits per heavy atom. The Morgan fingerprint density at radius 2 is 1.72 bits per heavy atom. The Labute approximate surface area is 170 Å². The molecule has 0 aliphatic carbocycles. The summed E-state index contributed by atoms with van der Waals surface area (Å²) in [6.45, 7) is 11.2. The largest absolute Gasteiger partial charge is 0.444 e. The molecule has 0 unspecified atom stereocenters. The SMILES string of the molecule is CCCCOCCCNC(=NC)NCCN(C)C(=O)OC(C)(C)C.I. The second-order valence-corrected chi connectivity index (χ2v) is 6.65. The fraction of sp³-hybridized carbons (Fsp3) is 0.882. The van der Waals surface area contributed by atoms with Crippen LogP contribution < -0.4 is 10.6 Å². The zero-order chi connectivity index (χ0) is 18.4. The summed E-state index contributed by atoms with van der Waals surface area (Å²) in [5, 5.41) is 6.40. The fourth-order valence-corrected chi connectivity index (χ4v) is 1.72. The minimum absolute atomic E-state index is 0. The normalized spacial score (nSPS) is 11.5. The Kier molecular flexibility index (Phi) is 16.4. The van der Waals surface area contributed by atoms with Gasteiger partial charge in [0.25, 0.3) is 0 Å². The van der Waals surface area contributed by atoms with E-state index in [4.69, 9.17) is 9.47 Å². The van der Waals surface area contributed by atoms with Crippen molar-refractivity contribution >= 4 is 36.0 Å². The first-order chi connectivity index (χ1) is 11.3. The maximum atomic E-state index is 11.8. The molecule has 0 bridgehead atoms. The van der Waals surface area contributed by atoms with Gasteiger partial charge in [0, 0.05) is 46.9 Å². The van der Waals surface area contributed by atoms with Gasteiger partial charge >= 0.3 is 6.09 Å². The number of nitrogens with one attached hydrogen (secondary N) is 2. The molecule has 0 spiro atoms. The molecule has 0 aliphatic heterocycles. The van der Waals surface area contributed by atoms with Crippen LogP contribution in [0.5, 0.6) is 0 Å². The number of halogens is 1. The van der Waals surface area contributed by atoms with Crippen molar-refractivity contribution in [2.45, 2.75) is 52.6 Å². The number of rotatable bonds is 10. The molecule has 0 rings (SSSR count). The molecule has 0 aromatic rings. The molecule has 0 saturated heterocycles. The third-order valence-corrected chi connectivity index (χ3v) is 3.07. The molecular weight excluding hydrogens is 435 g/mol. The molecule has 1 amide bonds. The van der Waals surface area contributed by atoms with Crippen molar-refractivity contribution in [1.29, 1.82) is 0 Å². The summed E-state index contributed by atoms with van der Waals surface area (Å²) in [6.07, 6.45) is 2.88. The Balaban J connectivity index is 0. The summed E-state index contributed by atoms with van der Waals surface area (Å²) in [6, 6.07) is 0. The first-order valence-corrected chi connectivity index (χ1v) is 8.76. The average Bonchev–Trinajstić information content (AvgIpc) is 2.50. The summed E-state index contributed by atoms with van der Waals surface area (Å²) in [7, 11) is 3.45. The highest BCUT2D eigenvalue weighted by Crippen LogP contribution is 2.08. The number of carbonyl (C=O) groups is 1. The van der Waals surface area contributed by atoms with E-state index >= 15 is 0 Å². The van der Waals surface area contributed by atoms with Gasteiger partial charge in [-0.05, 0) is 33.6 Å². The second-order valence-electron chi connectivity index (χ2n) is 6.65. The van der Waals surface area contributed by atoms with Crippen LogP contribution in [-0.4, -0.2) is 69.5 Å². The average molecular weight is 472 g/mol. The third kappa shape index (κ3) is 16.4. The van der Waals surface area contributed by atoms with E-state index in [1.165, 1.54) is 0 Å². The van der Waals surface area contributed by atoms with Gasteiger partial charge in [-0.15, -0.1) is 24.0 Å². The standard InChI is InChI=1S/C17H36N4O3.HI/c1-7-8-13-23-14-9-10-19-15(18-5)20-11-12-21(6)16(22)24-17(2,3)4;/h7-14H2,1-6H3,(H2,18,19,20);1H. The summed E-state index contributed by atoms with van der Waals surface area (Å²) in [5.41, 5.74) is -0.477. The number of unbranched alkanes of at least 4 members (excludes halogenated alkanes) is 1. The predicted molar refractivity (Wildman–Crippen MR) is 114 cm³/mol. The third-order valence-electron chi connectivity index (χ3n) is 3.07. The van der Waals surface area contributed by atoms with Crippen molar-refractivity contribution in [2.24, 2.45) is 4.99 Å². The van der Waals surface area contributed by atoms with Gasteiger partial charge in [0.2, 0.25) is 0 Å². The van der Waals surface area contributed by atoms with Crippen molar-refractivity contribution in [2.75, 3.05) is 46.9 Å². The molecule has 2 N–H and O–H groups in total. The highest BCUT2D eigenvalue weighted by Gasteiger charge is 2.19. The molecule has 25 heavy (non-hydrogen) atoms. The number of carbonyl (C=O) groups excluding carboxylic acids is 1. The van der Waals surface area contributed by atoms with Crippen LogP contribution in [0, 0.1) is 0 Å². The predicted octanol–water partition coefficient (Wildman–Crippen LogP) is 2.84. The van der Waals surface area contributed by atoms with Crippen molar-refractivity contribution in [3.05, 3.63) is 0 Å². The van der Waals surface area contributed by atoms with E-state index in [2.05, 4.69) is 22.5 Å². The lowest BCUT2D eigenvalue weighted by Crippen LogP contribution is -2.43. The maximum absolute atomic E-state index is 11.8. The second kappa shape index (κ2) is 15.5.